The zero-order valence-corrected chi connectivity index (χ0v) is 9.85. The van der Waals surface area contributed by atoms with Crippen molar-refractivity contribution >= 4 is 15.9 Å². The molecule has 1 aromatic rings. The van der Waals surface area contributed by atoms with E-state index < -0.39 is 17.8 Å². The first-order chi connectivity index (χ1) is 7.36. The molecule has 0 heterocycles. The Hall–Kier alpha value is -0.810. The highest BCUT2D eigenvalue weighted by molar-refractivity contribution is 9.10. The van der Waals surface area contributed by atoms with Gasteiger partial charge in [0.05, 0.1) is 11.7 Å². The number of aliphatic hydroxyl groups excluding tert-OH is 1. The third-order valence-electron chi connectivity index (χ3n) is 2.07. The van der Waals surface area contributed by atoms with Crippen molar-refractivity contribution in [3.8, 4) is 0 Å². The Bertz CT molecular complexity index is 387. The number of hydrogen-bond donors (Lipinski definition) is 1. The molecule has 1 aromatic carbocycles. The molecule has 88 valence electrons. The molecule has 1 atom stereocenters. The van der Waals surface area contributed by atoms with Gasteiger partial charge < -0.3 is 5.11 Å². The molecule has 0 bridgehead atoms. The molecule has 0 aliphatic heterocycles. The van der Waals surface area contributed by atoms with Crippen molar-refractivity contribution in [2.24, 2.45) is 0 Å². The number of halogens is 4. The highest BCUT2D eigenvalue weighted by Gasteiger charge is 2.34. The molecule has 1 nitrogen and oxygen atoms in total. The van der Waals surface area contributed by atoms with Crippen molar-refractivity contribution in [2.45, 2.75) is 18.7 Å². The van der Waals surface area contributed by atoms with E-state index in [-0.39, 0.29) is 12.0 Å². The fraction of sp³-hybridized carbons (Fsp3) is 0.273. The van der Waals surface area contributed by atoms with E-state index >= 15 is 0 Å². The fourth-order valence-electron chi connectivity index (χ4n) is 1.35. The van der Waals surface area contributed by atoms with E-state index in [1.807, 2.05) is 0 Å². The Morgan fingerprint density at radius 3 is 2.56 bits per heavy atom. The summed E-state index contributed by atoms with van der Waals surface area (Å²) in [5.41, 5.74) is -0.952. The quantitative estimate of drug-likeness (QED) is 0.833. The lowest BCUT2D eigenvalue weighted by Gasteiger charge is -2.16. The molecule has 0 fully saturated rings. The molecule has 0 saturated heterocycles. The van der Waals surface area contributed by atoms with Crippen LogP contribution in [0.4, 0.5) is 13.2 Å². The summed E-state index contributed by atoms with van der Waals surface area (Å²) in [6.07, 6.45) is -4.18. The van der Waals surface area contributed by atoms with Gasteiger partial charge in [-0.05, 0) is 24.1 Å². The number of benzene rings is 1. The maximum atomic E-state index is 12.7. The normalized spacial score (nSPS) is 13.6. The lowest BCUT2D eigenvalue weighted by atomic mass is 10.00. The first-order valence-corrected chi connectivity index (χ1v) is 5.31. The maximum absolute atomic E-state index is 12.7. The van der Waals surface area contributed by atoms with Gasteiger partial charge >= 0.3 is 6.18 Å². The van der Waals surface area contributed by atoms with Crippen molar-refractivity contribution in [2.75, 3.05) is 0 Å². The van der Waals surface area contributed by atoms with Gasteiger partial charge in [0.15, 0.2) is 0 Å². The van der Waals surface area contributed by atoms with Crippen LogP contribution in [0.15, 0.2) is 35.3 Å². The lowest BCUT2D eigenvalue weighted by molar-refractivity contribution is -0.139. The van der Waals surface area contributed by atoms with Crippen molar-refractivity contribution in [3.63, 3.8) is 0 Å². The minimum atomic E-state index is -4.47. The summed E-state index contributed by atoms with van der Waals surface area (Å²) in [7, 11) is 0. The second kappa shape index (κ2) is 5.01. The highest BCUT2D eigenvalue weighted by Crippen LogP contribution is 2.37. The largest absolute Gasteiger partial charge is 0.416 e. The summed E-state index contributed by atoms with van der Waals surface area (Å²) in [6, 6.07) is 3.69. The van der Waals surface area contributed by atoms with Crippen LogP contribution >= 0.6 is 15.9 Å². The predicted molar refractivity (Wildman–Crippen MR) is 58.9 cm³/mol. The minimum absolute atomic E-state index is 0.0880. The molecule has 0 aromatic heterocycles. The van der Waals surface area contributed by atoms with Crippen LogP contribution in [0.25, 0.3) is 0 Å². The summed E-state index contributed by atoms with van der Waals surface area (Å²) >= 11 is 2.98. The van der Waals surface area contributed by atoms with Crippen LogP contribution in [0.5, 0.6) is 0 Å². The van der Waals surface area contributed by atoms with Crippen LogP contribution in [-0.4, -0.2) is 5.11 Å². The minimum Gasteiger partial charge on any atom is -0.388 e. The second-order valence-corrected chi connectivity index (χ2v) is 4.19. The zero-order chi connectivity index (χ0) is 12.3. The monoisotopic (exact) mass is 294 g/mol. The zero-order valence-electron chi connectivity index (χ0n) is 8.26. The second-order valence-electron chi connectivity index (χ2n) is 3.27. The Labute approximate surface area is 99.7 Å². The molecular formula is C11H10BrF3O. The number of hydrogen-bond acceptors (Lipinski definition) is 1. The van der Waals surface area contributed by atoms with Crippen molar-refractivity contribution in [3.05, 3.63) is 46.5 Å². The molecule has 5 heteroatoms. The van der Waals surface area contributed by atoms with Gasteiger partial charge in [-0.25, -0.2) is 0 Å². The van der Waals surface area contributed by atoms with Crippen molar-refractivity contribution in [1.82, 2.24) is 0 Å². The van der Waals surface area contributed by atoms with E-state index in [2.05, 4.69) is 22.5 Å². The van der Waals surface area contributed by atoms with Gasteiger partial charge in [0.2, 0.25) is 0 Å². The smallest absolute Gasteiger partial charge is 0.388 e. The SMILES string of the molecule is C=CCC(O)c1ccc(Br)cc1C(F)(F)F. The van der Waals surface area contributed by atoms with E-state index in [0.717, 1.165) is 6.07 Å². The summed E-state index contributed by atoms with van der Waals surface area (Å²) < 4.78 is 38.3. The average Bonchev–Trinajstić information content (AvgIpc) is 2.16. The third kappa shape index (κ3) is 3.09. The van der Waals surface area contributed by atoms with Crippen molar-refractivity contribution in [1.29, 1.82) is 0 Å². The molecule has 0 amide bonds. The molecular weight excluding hydrogens is 285 g/mol. The summed E-state index contributed by atoms with van der Waals surface area (Å²) in [6.45, 7) is 3.39. The van der Waals surface area contributed by atoms with Gasteiger partial charge in [-0.15, -0.1) is 6.58 Å². The van der Waals surface area contributed by atoms with Gasteiger partial charge in [-0.3, -0.25) is 0 Å². The van der Waals surface area contributed by atoms with Gasteiger partial charge in [-0.1, -0.05) is 28.1 Å². The first kappa shape index (κ1) is 13.3. The van der Waals surface area contributed by atoms with E-state index in [1.165, 1.54) is 18.2 Å². The first-order valence-electron chi connectivity index (χ1n) is 4.52. The predicted octanol–water partition coefficient (Wildman–Crippen LogP) is 4.08. The van der Waals surface area contributed by atoms with Gasteiger partial charge in [0.25, 0.3) is 0 Å². The number of aliphatic hydroxyl groups is 1. The van der Waals surface area contributed by atoms with Crippen LogP contribution in [0.2, 0.25) is 0 Å². The molecule has 1 rings (SSSR count). The number of rotatable bonds is 3. The summed E-state index contributed by atoms with van der Waals surface area (Å²) in [5, 5.41) is 9.57. The molecule has 0 spiro atoms. The van der Waals surface area contributed by atoms with Crippen LogP contribution in [0.1, 0.15) is 23.7 Å². The van der Waals surface area contributed by atoms with Crippen LogP contribution in [-0.2, 0) is 6.18 Å². The van der Waals surface area contributed by atoms with Crippen LogP contribution in [0.3, 0.4) is 0 Å². The molecule has 0 aliphatic rings. The van der Waals surface area contributed by atoms with Crippen molar-refractivity contribution < 1.29 is 18.3 Å². The average molecular weight is 295 g/mol. The van der Waals surface area contributed by atoms with Crippen LogP contribution < -0.4 is 0 Å². The Morgan fingerprint density at radius 2 is 2.06 bits per heavy atom. The fourth-order valence-corrected chi connectivity index (χ4v) is 1.71. The van der Waals surface area contributed by atoms with Gasteiger partial charge in [0, 0.05) is 4.47 Å². The van der Waals surface area contributed by atoms with Gasteiger partial charge in [-0.2, -0.15) is 13.2 Å². The van der Waals surface area contributed by atoms with Gasteiger partial charge in [0.1, 0.15) is 0 Å². The molecule has 0 radical (unpaired) electrons. The van der Waals surface area contributed by atoms with Crippen LogP contribution in [0, 0.1) is 0 Å². The summed E-state index contributed by atoms with van der Waals surface area (Å²) in [5.74, 6) is 0. The number of alkyl halides is 3. The Morgan fingerprint density at radius 1 is 1.44 bits per heavy atom. The Balaban J connectivity index is 3.22. The standard InChI is InChI=1S/C11H10BrF3O/c1-2-3-10(16)8-5-4-7(12)6-9(8)11(13,14)15/h2,4-6,10,16H,1,3H2. The maximum Gasteiger partial charge on any atom is 0.416 e. The van der Waals surface area contributed by atoms with E-state index in [9.17, 15) is 18.3 Å². The van der Waals surface area contributed by atoms with E-state index in [4.69, 9.17) is 0 Å². The molecule has 0 aliphatic carbocycles. The molecule has 16 heavy (non-hydrogen) atoms. The Kier molecular flexibility index (Phi) is 4.15. The van der Waals surface area contributed by atoms with E-state index in [0.29, 0.717) is 4.47 Å². The topological polar surface area (TPSA) is 20.2 Å². The highest BCUT2D eigenvalue weighted by atomic mass is 79.9. The lowest BCUT2D eigenvalue weighted by Crippen LogP contribution is -2.11. The molecule has 1 unspecified atom stereocenters. The molecule has 1 N–H and O–H groups in total. The third-order valence-corrected chi connectivity index (χ3v) is 2.56. The molecule has 0 saturated carbocycles. The van der Waals surface area contributed by atoms with E-state index in [1.54, 1.807) is 0 Å². The summed E-state index contributed by atoms with van der Waals surface area (Å²) in [4.78, 5) is 0.